The van der Waals surface area contributed by atoms with Crippen molar-refractivity contribution in [2.24, 2.45) is 0 Å². The monoisotopic (exact) mass is 368 g/mol. The third-order valence-corrected chi connectivity index (χ3v) is 4.73. The highest BCUT2D eigenvalue weighted by Gasteiger charge is 2.21. The Morgan fingerprint density at radius 1 is 1.00 bits per heavy atom. The van der Waals surface area contributed by atoms with Crippen LogP contribution in [0.15, 0.2) is 52.9 Å². The molecule has 1 saturated heterocycles. The number of piperazine rings is 1. The molecule has 27 heavy (non-hydrogen) atoms. The molecule has 0 spiro atoms. The number of hydrogen-bond acceptors (Lipinski definition) is 6. The van der Waals surface area contributed by atoms with Crippen molar-refractivity contribution in [2.75, 3.05) is 38.2 Å². The minimum absolute atomic E-state index is 0.174. The molecule has 2 aromatic carbocycles. The molecule has 2 heterocycles. The van der Waals surface area contributed by atoms with Crippen molar-refractivity contribution in [1.82, 2.24) is 15.1 Å². The van der Waals surface area contributed by atoms with Gasteiger partial charge < -0.3 is 14.1 Å². The van der Waals surface area contributed by atoms with Crippen LogP contribution in [0.3, 0.4) is 0 Å². The van der Waals surface area contributed by atoms with E-state index in [1.165, 1.54) is 6.07 Å². The van der Waals surface area contributed by atoms with Gasteiger partial charge in [-0.25, -0.2) is 4.39 Å². The average molecular weight is 368 g/mol. The number of rotatable bonds is 5. The Labute approximate surface area is 157 Å². The Bertz CT molecular complexity index is 889. The summed E-state index contributed by atoms with van der Waals surface area (Å²) in [7, 11) is 1.63. The highest BCUT2D eigenvalue weighted by molar-refractivity contribution is 5.54. The highest BCUT2D eigenvalue weighted by Crippen LogP contribution is 2.23. The maximum absolute atomic E-state index is 13.9. The van der Waals surface area contributed by atoms with Gasteiger partial charge in [-0.1, -0.05) is 12.1 Å². The first kappa shape index (κ1) is 17.5. The van der Waals surface area contributed by atoms with Crippen LogP contribution in [0.5, 0.6) is 5.75 Å². The van der Waals surface area contributed by atoms with Crippen molar-refractivity contribution in [2.45, 2.75) is 6.54 Å². The zero-order valence-electron chi connectivity index (χ0n) is 15.1. The molecule has 0 radical (unpaired) electrons. The maximum Gasteiger partial charge on any atom is 0.247 e. The lowest BCUT2D eigenvalue weighted by atomic mass is 10.2. The molecule has 7 heteroatoms. The molecule has 0 saturated carbocycles. The summed E-state index contributed by atoms with van der Waals surface area (Å²) in [6, 6.07) is 14.4. The molecular formula is C20H21FN4O2. The fourth-order valence-electron chi connectivity index (χ4n) is 3.21. The first-order valence-corrected chi connectivity index (χ1v) is 8.91. The molecule has 4 rings (SSSR count). The fourth-order valence-corrected chi connectivity index (χ4v) is 3.21. The molecular weight excluding hydrogens is 347 g/mol. The molecule has 1 fully saturated rings. The molecule has 0 bridgehead atoms. The summed E-state index contributed by atoms with van der Waals surface area (Å²) in [5.74, 6) is 1.69. The second kappa shape index (κ2) is 7.75. The smallest absolute Gasteiger partial charge is 0.247 e. The van der Waals surface area contributed by atoms with Crippen molar-refractivity contribution < 1.29 is 13.5 Å². The Morgan fingerprint density at radius 3 is 2.44 bits per heavy atom. The Morgan fingerprint density at radius 2 is 1.74 bits per heavy atom. The summed E-state index contributed by atoms with van der Waals surface area (Å²) in [5.41, 5.74) is 1.52. The molecule has 0 atom stereocenters. The van der Waals surface area contributed by atoms with Gasteiger partial charge in [0, 0.05) is 31.7 Å². The topological polar surface area (TPSA) is 54.6 Å². The van der Waals surface area contributed by atoms with E-state index < -0.39 is 0 Å². The molecule has 0 unspecified atom stereocenters. The van der Waals surface area contributed by atoms with E-state index >= 15 is 0 Å². The largest absolute Gasteiger partial charge is 0.497 e. The second-order valence-corrected chi connectivity index (χ2v) is 6.44. The minimum Gasteiger partial charge on any atom is -0.497 e. The van der Waals surface area contributed by atoms with Crippen LogP contribution in [-0.4, -0.2) is 48.4 Å². The highest BCUT2D eigenvalue weighted by atomic mass is 19.1. The van der Waals surface area contributed by atoms with Gasteiger partial charge in [-0.05, 0) is 36.4 Å². The molecule has 1 aliphatic rings. The Balaban J connectivity index is 1.35. The third kappa shape index (κ3) is 3.93. The maximum atomic E-state index is 13.9. The summed E-state index contributed by atoms with van der Waals surface area (Å²) in [4.78, 5) is 4.31. The number of benzene rings is 2. The van der Waals surface area contributed by atoms with Crippen molar-refractivity contribution >= 4 is 5.69 Å². The van der Waals surface area contributed by atoms with Gasteiger partial charge in [-0.3, -0.25) is 4.90 Å². The lowest BCUT2D eigenvalue weighted by molar-refractivity contribution is 0.226. The van der Waals surface area contributed by atoms with Crippen LogP contribution < -0.4 is 9.64 Å². The molecule has 140 valence electrons. The van der Waals surface area contributed by atoms with Crippen LogP contribution in [0.1, 0.15) is 5.89 Å². The van der Waals surface area contributed by atoms with E-state index in [0.29, 0.717) is 24.0 Å². The summed E-state index contributed by atoms with van der Waals surface area (Å²) in [5, 5.41) is 8.29. The number of aromatic nitrogens is 2. The molecule has 0 aliphatic carbocycles. The minimum atomic E-state index is -0.174. The first-order valence-electron chi connectivity index (χ1n) is 8.91. The van der Waals surface area contributed by atoms with Crippen LogP contribution in [0.4, 0.5) is 10.1 Å². The normalized spacial score (nSPS) is 15.1. The number of nitrogens with zero attached hydrogens (tertiary/aromatic N) is 4. The van der Waals surface area contributed by atoms with E-state index in [0.717, 1.165) is 37.5 Å². The quantitative estimate of drug-likeness (QED) is 0.689. The van der Waals surface area contributed by atoms with Crippen LogP contribution in [0.25, 0.3) is 11.5 Å². The van der Waals surface area contributed by atoms with Crippen molar-refractivity contribution in [3.8, 4) is 17.2 Å². The van der Waals surface area contributed by atoms with E-state index in [2.05, 4.69) is 20.0 Å². The van der Waals surface area contributed by atoms with Gasteiger partial charge in [0.05, 0.1) is 19.3 Å². The van der Waals surface area contributed by atoms with E-state index in [-0.39, 0.29) is 5.82 Å². The predicted octanol–water partition coefficient (Wildman–Crippen LogP) is 3.21. The number of para-hydroxylation sites is 1. The standard InChI is InChI=1S/C20H21FN4O2/c1-26-16-8-6-15(7-9-16)20-23-22-19(27-20)14-24-10-12-25(13-11-24)18-5-3-2-4-17(18)21/h2-9H,10-14H2,1H3. The van der Waals surface area contributed by atoms with Crippen LogP contribution in [0.2, 0.25) is 0 Å². The zero-order chi connectivity index (χ0) is 18.6. The van der Waals surface area contributed by atoms with Crippen molar-refractivity contribution in [1.29, 1.82) is 0 Å². The summed E-state index contributed by atoms with van der Waals surface area (Å²) >= 11 is 0. The van der Waals surface area contributed by atoms with E-state index in [4.69, 9.17) is 9.15 Å². The van der Waals surface area contributed by atoms with Crippen LogP contribution in [-0.2, 0) is 6.54 Å². The van der Waals surface area contributed by atoms with Gasteiger partial charge in [-0.15, -0.1) is 10.2 Å². The third-order valence-electron chi connectivity index (χ3n) is 4.73. The fraction of sp³-hybridized carbons (Fsp3) is 0.300. The van der Waals surface area contributed by atoms with Crippen LogP contribution in [0, 0.1) is 5.82 Å². The zero-order valence-corrected chi connectivity index (χ0v) is 15.1. The molecule has 0 N–H and O–H groups in total. The SMILES string of the molecule is COc1ccc(-c2nnc(CN3CCN(c4ccccc4F)CC3)o2)cc1. The first-order chi connectivity index (χ1) is 13.2. The van der Waals surface area contributed by atoms with E-state index in [9.17, 15) is 4.39 Å². The molecule has 6 nitrogen and oxygen atoms in total. The summed E-state index contributed by atoms with van der Waals surface area (Å²) in [6.45, 7) is 3.75. The van der Waals surface area contributed by atoms with Gasteiger partial charge in [0.1, 0.15) is 11.6 Å². The van der Waals surface area contributed by atoms with Gasteiger partial charge in [-0.2, -0.15) is 0 Å². The Hall–Kier alpha value is -2.93. The number of methoxy groups -OCH3 is 1. The molecule has 1 aliphatic heterocycles. The second-order valence-electron chi connectivity index (χ2n) is 6.44. The van der Waals surface area contributed by atoms with Crippen LogP contribution >= 0.6 is 0 Å². The lowest BCUT2D eigenvalue weighted by Gasteiger charge is -2.35. The molecule has 0 amide bonds. The summed E-state index contributed by atoms with van der Waals surface area (Å²) < 4.78 is 24.9. The van der Waals surface area contributed by atoms with Crippen molar-refractivity contribution in [3.63, 3.8) is 0 Å². The number of ether oxygens (including phenoxy) is 1. The Kier molecular flexibility index (Phi) is 5.02. The van der Waals surface area contributed by atoms with Gasteiger partial charge in [0.2, 0.25) is 11.8 Å². The average Bonchev–Trinajstić information content (AvgIpc) is 3.18. The molecule has 3 aromatic rings. The number of halogens is 1. The number of hydrogen-bond donors (Lipinski definition) is 0. The van der Waals surface area contributed by atoms with Gasteiger partial charge in [0.25, 0.3) is 0 Å². The summed E-state index contributed by atoms with van der Waals surface area (Å²) in [6.07, 6.45) is 0. The van der Waals surface area contributed by atoms with E-state index in [1.807, 2.05) is 36.4 Å². The predicted molar refractivity (Wildman–Crippen MR) is 100 cm³/mol. The van der Waals surface area contributed by atoms with Crippen molar-refractivity contribution in [3.05, 3.63) is 60.2 Å². The van der Waals surface area contributed by atoms with Gasteiger partial charge in [0.15, 0.2) is 0 Å². The van der Waals surface area contributed by atoms with Gasteiger partial charge >= 0.3 is 0 Å². The lowest BCUT2D eigenvalue weighted by Crippen LogP contribution is -2.46. The number of anilines is 1. The molecule has 1 aromatic heterocycles. The van der Waals surface area contributed by atoms with E-state index in [1.54, 1.807) is 13.2 Å².